The lowest BCUT2D eigenvalue weighted by molar-refractivity contribution is -0.0956. The summed E-state index contributed by atoms with van der Waals surface area (Å²) in [5, 5.41) is 10.5. The van der Waals surface area contributed by atoms with Crippen LogP contribution in [0, 0.1) is 40.9 Å². The number of allylic oxidation sites excluding steroid dienone is 2. The molecule has 0 aromatic carbocycles. The molecule has 4 fully saturated rings. The highest BCUT2D eigenvalue weighted by Crippen LogP contribution is 2.65. The van der Waals surface area contributed by atoms with Crippen LogP contribution in [-0.4, -0.2) is 10.7 Å². The van der Waals surface area contributed by atoms with Crippen molar-refractivity contribution in [3.05, 3.63) is 11.6 Å². The zero-order chi connectivity index (χ0) is 16.4. The van der Waals surface area contributed by atoms with E-state index in [0.717, 1.165) is 48.3 Å². The molecule has 0 spiro atoms. The van der Waals surface area contributed by atoms with Crippen molar-refractivity contribution < 1.29 is 5.11 Å². The monoisotopic (exact) mass is 316 g/mol. The second kappa shape index (κ2) is 5.35. The Bertz CT molecular complexity index is 504. The Balaban J connectivity index is 1.60. The van der Waals surface area contributed by atoms with Gasteiger partial charge in [-0.3, -0.25) is 0 Å². The molecule has 4 rings (SSSR count). The van der Waals surface area contributed by atoms with Crippen molar-refractivity contribution in [2.45, 2.75) is 84.7 Å². The standard InChI is InChI=1S/C22H36O/c1-5-16-12-14(2)20-19-7-6-15-13-21(3,23)10-8-17(15)18(19)9-11-22(16,20)4/h5,14-15,17-20,23H,6-13H2,1-4H3/b16-5-/t14-,15-,17+,18-,19-,20+,21-,22-/m1/s1. The molecule has 0 aliphatic heterocycles. The largest absolute Gasteiger partial charge is 0.390 e. The van der Waals surface area contributed by atoms with Gasteiger partial charge >= 0.3 is 0 Å². The predicted molar refractivity (Wildman–Crippen MR) is 96.0 cm³/mol. The van der Waals surface area contributed by atoms with Crippen LogP contribution in [0.1, 0.15) is 79.1 Å². The Morgan fingerprint density at radius 3 is 2.48 bits per heavy atom. The van der Waals surface area contributed by atoms with Crippen LogP contribution < -0.4 is 0 Å². The summed E-state index contributed by atoms with van der Waals surface area (Å²) in [6.45, 7) is 9.45. The summed E-state index contributed by atoms with van der Waals surface area (Å²) in [5.74, 6) is 5.45. The van der Waals surface area contributed by atoms with Crippen LogP contribution >= 0.6 is 0 Å². The Morgan fingerprint density at radius 1 is 1.00 bits per heavy atom. The van der Waals surface area contributed by atoms with Gasteiger partial charge in [0, 0.05) is 0 Å². The molecule has 0 aromatic rings. The van der Waals surface area contributed by atoms with Gasteiger partial charge in [-0.1, -0.05) is 25.5 Å². The first-order chi connectivity index (χ1) is 10.9. The van der Waals surface area contributed by atoms with Gasteiger partial charge in [0.25, 0.3) is 0 Å². The van der Waals surface area contributed by atoms with E-state index in [9.17, 15) is 5.11 Å². The van der Waals surface area contributed by atoms with Crippen molar-refractivity contribution in [2.24, 2.45) is 40.9 Å². The van der Waals surface area contributed by atoms with E-state index in [1.54, 1.807) is 5.57 Å². The molecular formula is C22H36O. The van der Waals surface area contributed by atoms with Gasteiger partial charge < -0.3 is 5.11 Å². The highest BCUT2D eigenvalue weighted by atomic mass is 16.3. The Morgan fingerprint density at radius 2 is 1.74 bits per heavy atom. The molecule has 23 heavy (non-hydrogen) atoms. The molecule has 0 saturated heterocycles. The molecular weight excluding hydrogens is 280 g/mol. The molecule has 4 saturated carbocycles. The molecule has 4 aliphatic carbocycles. The van der Waals surface area contributed by atoms with Crippen LogP contribution in [-0.2, 0) is 0 Å². The topological polar surface area (TPSA) is 20.2 Å². The minimum absolute atomic E-state index is 0.379. The Kier molecular flexibility index (Phi) is 3.76. The van der Waals surface area contributed by atoms with Crippen LogP contribution in [0.4, 0.5) is 0 Å². The predicted octanol–water partition coefficient (Wildman–Crippen LogP) is 5.58. The van der Waals surface area contributed by atoms with Crippen molar-refractivity contribution in [2.75, 3.05) is 0 Å². The quantitative estimate of drug-likeness (QED) is 0.578. The summed E-state index contributed by atoms with van der Waals surface area (Å²) in [6.07, 6.45) is 12.9. The molecule has 0 amide bonds. The normalized spacial score (nSPS) is 57.7. The van der Waals surface area contributed by atoms with E-state index in [1.807, 2.05) is 0 Å². The summed E-state index contributed by atoms with van der Waals surface area (Å²) < 4.78 is 0. The Hall–Kier alpha value is -0.300. The summed E-state index contributed by atoms with van der Waals surface area (Å²) in [4.78, 5) is 0. The molecule has 8 atom stereocenters. The maximum Gasteiger partial charge on any atom is 0.0622 e. The summed E-state index contributed by atoms with van der Waals surface area (Å²) in [5.41, 5.74) is 1.89. The third kappa shape index (κ3) is 2.36. The number of aliphatic hydroxyl groups is 1. The van der Waals surface area contributed by atoms with Crippen molar-refractivity contribution in [3.63, 3.8) is 0 Å². The lowest BCUT2D eigenvalue weighted by Gasteiger charge is -2.57. The van der Waals surface area contributed by atoms with Crippen molar-refractivity contribution >= 4 is 0 Å². The smallest absolute Gasteiger partial charge is 0.0622 e. The van der Waals surface area contributed by atoms with Crippen molar-refractivity contribution in [3.8, 4) is 0 Å². The molecule has 0 aromatic heterocycles. The molecule has 4 aliphatic rings. The van der Waals surface area contributed by atoms with Gasteiger partial charge in [-0.05, 0) is 106 Å². The fourth-order valence-electron chi connectivity index (χ4n) is 7.91. The van der Waals surface area contributed by atoms with E-state index in [1.165, 1.54) is 38.5 Å². The molecule has 1 heteroatoms. The van der Waals surface area contributed by atoms with E-state index in [0.29, 0.717) is 5.41 Å². The first-order valence-corrected chi connectivity index (χ1v) is 10.2. The first-order valence-electron chi connectivity index (χ1n) is 10.2. The van der Waals surface area contributed by atoms with Gasteiger partial charge in [-0.2, -0.15) is 0 Å². The molecule has 0 radical (unpaired) electrons. The van der Waals surface area contributed by atoms with E-state index in [-0.39, 0.29) is 5.60 Å². The van der Waals surface area contributed by atoms with Gasteiger partial charge in [0.15, 0.2) is 0 Å². The van der Waals surface area contributed by atoms with Gasteiger partial charge in [0.2, 0.25) is 0 Å². The van der Waals surface area contributed by atoms with Crippen LogP contribution in [0.15, 0.2) is 11.6 Å². The summed E-state index contributed by atoms with van der Waals surface area (Å²) >= 11 is 0. The minimum Gasteiger partial charge on any atom is -0.390 e. The molecule has 130 valence electrons. The zero-order valence-electron chi connectivity index (χ0n) is 15.6. The van der Waals surface area contributed by atoms with E-state index in [2.05, 4.69) is 33.8 Å². The second-order valence-corrected chi connectivity index (χ2v) is 10.0. The van der Waals surface area contributed by atoms with Crippen molar-refractivity contribution in [1.82, 2.24) is 0 Å². The minimum atomic E-state index is -0.379. The number of hydrogen-bond donors (Lipinski definition) is 1. The number of hydrogen-bond acceptors (Lipinski definition) is 1. The van der Waals surface area contributed by atoms with Crippen LogP contribution in [0.25, 0.3) is 0 Å². The average Bonchev–Trinajstić information content (AvgIpc) is 2.76. The van der Waals surface area contributed by atoms with Crippen molar-refractivity contribution in [1.29, 1.82) is 0 Å². The van der Waals surface area contributed by atoms with E-state index < -0.39 is 0 Å². The van der Waals surface area contributed by atoms with Crippen LogP contribution in [0.3, 0.4) is 0 Å². The summed E-state index contributed by atoms with van der Waals surface area (Å²) in [6, 6.07) is 0. The SMILES string of the molecule is C/C=C1/C[C@@H](C)[C@H]2[C@@H]3CC[C@@H]4C[C@](C)(O)CC[C@@H]4[C@H]3CC[C@]12C. The fourth-order valence-corrected chi connectivity index (χ4v) is 7.91. The second-order valence-electron chi connectivity index (χ2n) is 10.0. The van der Waals surface area contributed by atoms with Gasteiger partial charge in [0.1, 0.15) is 0 Å². The van der Waals surface area contributed by atoms with Gasteiger partial charge in [0.05, 0.1) is 5.60 Å². The highest BCUT2D eigenvalue weighted by molar-refractivity contribution is 5.24. The van der Waals surface area contributed by atoms with Crippen LogP contribution in [0.5, 0.6) is 0 Å². The van der Waals surface area contributed by atoms with Gasteiger partial charge in [-0.25, -0.2) is 0 Å². The number of fused-ring (bicyclic) bond motifs is 5. The summed E-state index contributed by atoms with van der Waals surface area (Å²) in [7, 11) is 0. The first kappa shape index (κ1) is 16.2. The fraction of sp³-hybridized carbons (Fsp3) is 0.909. The third-order valence-corrected chi connectivity index (χ3v) is 8.73. The maximum atomic E-state index is 10.5. The molecule has 0 unspecified atom stereocenters. The lowest BCUT2D eigenvalue weighted by Crippen LogP contribution is -2.50. The molecule has 1 N–H and O–H groups in total. The maximum absolute atomic E-state index is 10.5. The van der Waals surface area contributed by atoms with Gasteiger partial charge in [-0.15, -0.1) is 0 Å². The van der Waals surface area contributed by atoms with E-state index in [4.69, 9.17) is 0 Å². The molecule has 0 heterocycles. The Labute approximate surface area is 142 Å². The number of rotatable bonds is 0. The van der Waals surface area contributed by atoms with Crippen LogP contribution in [0.2, 0.25) is 0 Å². The average molecular weight is 317 g/mol. The molecule has 0 bridgehead atoms. The van der Waals surface area contributed by atoms with E-state index >= 15 is 0 Å². The molecule has 1 nitrogen and oxygen atoms in total. The highest BCUT2D eigenvalue weighted by Gasteiger charge is 2.57. The zero-order valence-corrected chi connectivity index (χ0v) is 15.6. The lowest BCUT2D eigenvalue weighted by atomic mass is 9.49. The third-order valence-electron chi connectivity index (χ3n) is 8.73.